The van der Waals surface area contributed by atoms with Gasteiger partial charge < -0.3 is 9.47 Å². The lowest BCUT2D eigenvalue weighted by atomic mass is 10.0. The molecule has 0 bridgehead atoms. The zero-order valence-corrected chi connectivity index (χ0v) is 23.1. The standard InChI is InChI=1S/C31H52O4/c1-5-6-7-8-9-10-11-12-13-14-15-16-17-18-19-23-34-30(32)28-21-20-22-29(25-28)31(33)35-27(4)24-26(2)3/h20-22,25-27H,5-19,23-24H2,1-4H3. The molecule has 4 heteroatoms. The molecular weight excluding hydrogens is 436 g/mol. The Kier molecular flexibility index (Phi) is 18.1. The van der Waals surface area contributed by atoms with Crippen LogP contribution in [-0.4, -0.2) is 24.6 Å². The van der Waals surface area contributed by atoms with Crippen LogP contribution in [0.25, 0.3) is 0 Å². The summed E-state index contributed by atoms with van der Waals surface area (Å²) >= 11 is 0. The summed E-state index contributed by atoms with van der Waals surface area (Å²) in [6, 6.07) is 6.63. The van der Waals surface area contributed by atoms with Crippen LogP contribution >= 0.6 is 0 Å². The Bertz CT molecular complexity index is 682. The van der Waals surface area contributed by atoms with Crippen molar-refractivity contribution in [2.45, 2.75) is 137 Å². The van der Waals surface area contributed by atoms with E-state index in [2.05, 4.69) is 20.8 Å². The van der Waals surface area contributed by atoms with Gasteiger partial charge in [-0.25, -0.2) is 9.59 Å². The number of ether oxygens (including phenoxy) is 2. The summed E-state index contributed by atoms with van der Waals surface area (Å²) in [7, 11) is 0. The molecule has 0 aliphatic rings. The van der Waals surface area contributed by atoms with E-state index < -0.39 is 5.97 Å². The molecule has 0 aliphatic heterocycles. The molecule has 0 saturated heterocycles. The van der Waals surface area contributed by atoms with Crippen molar-refractivity contribution < 1.29 is 19.1 Å². The van der Waals surface area contributed by atoms with Gasteiger partial charge in [0.05, 0.1) is 23.8 Å². The molecule has 35 heavy (non-hydrogen) atoms. The van der Waals surface area contributed by atoms with Crippen molar-refractivity contribution in [2.75, 3.05) is 6.61 Å². The Balaban J connectivity index is 2.07. The minimum Gasteiger partial charge on any atom is -0.462 e. The Labute approximate surface area is 215 Å². The lowest BCUT2D eigenvalue weighted by Crippen LogP contribution is -2.17. The maximum atomic E-state index is 12.4. The van der Waals surface area contributed by atoms with Crippen LogP contribution in [0.3, 0.4) is 0 Å². The molecule has 1 rings (SSSR count). The van der Waals surface area contributed by atoms with E-state index in [1.54, 1.807) is 24.3 Å². The van der Waals surface area contributed by atoms with Crippen molar-refractivity contribution in [3.63, 3.8) is 0 Å². The minimum atomic E-state index is -0.393. The van der Waals surface area contributed by atoms with Crippen LogP contribution in [0.5, 0.6) is 0 Å². The van der Waals surface area contributed by atoms with Crippen LogP contribution in [-0.2, 0) is 9.47 Å². The fourth-order valence-electron chi connectivity index (χ4n) is 4.46. The van der Waals surface area contributed by atoms with Gasteiger partial charge in [-0.2, -0.15) is 0 Å². The Morgan fingerprint density at radius 2 is 1.14 bits per heavy atom. The molecule has 200 valence electrons. The number of benzene rings is 1. The largest absolute Gasteiger partial charge is 0.462 e. The van der Waals surface area contributed by atoms with E-state index in [-0.39, 0.29) is 12.1 Å². The number of carbonyl (C=O) groups is 2. The minimum absolute atomic E-state index is 0.150. The van der Waals surface area contributed by atoms with E-state index in [0.29, 0.717) is 23.7 Å². The Morgan fingerprint density at radius 1 is 0.686 bits per heavy atom. The molecule has 0 amide bonds. The first-order valence-electron chi connectivity index (χ1n) is 14.4. The number of esters is 2. The molecule has 0 aromatic heterocycles. The molecule has 0 N–H and O–H groups in total. The average molecular weight is 489 g/mol. The maximum absolute atomic E-state index is 12.4. The fourth-order valence-corrected chi connectivity index (χ4v) is 4.46. The van der Waals surface area contributed by atoms with E-state index in [1.807, 2.05) is 6.92 Å². The van der Waals surface area contributed by atoms with Crippen LogP contribution < -0.4 is 0 Å². The summed E-state index contributed by atoms with van der Waals surface area (Å²) in [5.41, 5.74) is 0.791. The van der Waals surface area contributed by atoms with Crippen LogP contribution in [0, 0.1) is 5.92 Å². The highest BCUT2D eigenvalue weighted by molar-refractivity contribution is 5.95. The smallest absolute Gasteiger partial charge is 0.338 e. The van der Waals surface area contributed by atoms with Gasteiger partial charge in [-0.15, -0.1) is 0 Å². The highest BCUT2D eigenvalue weighted by Gasteiger charge is 2.15. The first kappa shape index (κ1) is 31.2. The van der Waals surface area contributed by atoms with E-state index in [1.165, 1.54) is 83.5 Å². The third kappa shape index (κ3) is 16.5. The second-order valence-electron chi connectivity index (χ2n) is 10.5. The number of carbonyl (C=O) groups excluding carboxylic acids is 2. The zero-order valence-electron chi connectivity index (χ0n) is 23.1. The van der Waals surface area contributed by atoms with Crippen molar-refractivity contribution in [3.05, 3.63) is 35.4 Å². The molecule has 0 aliphatic carbocycles. The first-order valence-corrected chi connectivity index (χ1v) is 14.4. The van der Waals surface area contributed by atoms with Gasteiger partial charge in [0.1, 0.15) is 0 Å². The van der Waals surface area contributed by atoms with Crippen LogP contribution in [0.4, 0.5) is 0 Å². The summed E-state index contributed by atoms with van der Waals surface area (Å²) in [5, 5.41) is 0. The zero-order chi connectivity index (χ0) is 25.7. The summed E-state index contributed by atoms with van der Waals surface area (Å²) in [4.78, 5) is 24.7. The van der Waals surface area contributed by atoms with E-state index in [0.717, 1.165) is 19.3 Å². The van der Waals surface area contributed by atoms with Gasteiger partial charge in [0.25, 0.3) is 0 Å². The Morgan fingerprint density at radius 3 is 1.63 bits per heavy atom. The SMILES string of the molecule is CCCCCCCCCCCCCCCCCOC(=O)c1cccc(C(=O)OC(C)CC(C)C)c1. The molecule has 1 aromatic rings. The Hall–Kier alpha value is -1.84. The van der Waals surface area contributed by atoms with Crippen LogP contribution in [0.15, 0.2) is 24.3 Å². The molecular formula is C31H52O4. The molecule has 0 radical (unpaired) electrons. The molecule has 1 aromatic carbocycles. The average Bonchev–Trinajstić information content (AvgIpc) is 2.83. The summed E-state index contributed by atoms with van der Waals surface area (Å²) in [5.74, 6) is -0.311. The van der Waals surface area contributed by atoms with E-state index >= 15 is 0 Å². The van der Waals surface area contributed by atoms with Gasteiger partial charge in [-0.1, -0.05) is 117 Å². The summed E-state index contributed by atoms with van der Waals surface area (Å²) in [6.45, 7) is 8.79. The van der Waals surface area contributed by atoms with Crippen molar-refractivity contribution in [2.24, 2.45) is 5.92 Å². The number of rotatable bonds is 21. The fraction of sp³-hybridized carbons (Fsp3) is 0.742. The number of hydrogen-bond acceptors (Lipinski definition) is 4. The monoisotopic (exact) mass is 488 g/mol. The third-order valence-corrected chi connectivity index (χ3v) is 6.43. The van der Waals surface area contributed by atoms with Gasteiger partial charge in [0.2, 0.25) is 0 Å². The highest BCUT2D eigenvalue weighted by Crippen LogP contribution is 2.15. The lowest BCUT2D eigenvalue weighted by Gasteiger charge is -2.15. The first-order chi connectivity index (χ1) is 16.9. The van der Waals surface area contributed by atoms with E-state index in [4.69, 9.17) is 9.47 Å². The van der Waals surface area contributed by atoms with Crippen molar-refractivity contribution in [3.8, 4) is 0 Å². The van der Waals surface area contributed by atoms with Crippen molar-refractivity contribution in [1.82, 2.24) is 0 Å². The molecule has 4 nitrogen and oxygen atoms in total. The second-order valence-corrected chi connectivity index (χ2v) is 10.5. The molecule has 0 fully saturated rings. The van der Waals surface area contributed by atoms with Gasteiger partial charge >= 0.3 is 11.9 Å². The molecule has 1 atom stereocenters. The topological polar surface area (TPSA) is 52.6 Å². The van der Waals surface area contributed by atoms with Gasteiger partial charge in [0, 0.05) is 0 Å². The van der Waals surface area contributed by atoms with Gasteiger partial charge in [0.15, 0.2) is 0 Å². The van der Waals surface area contributed by atoms with Crippen LogP contribution in [0.2, 0.25) is 0 Å². The predicted molar refractivity (Wildman–Crippen MR) is 146 cm³/mol. The van der Waals surface area contributed by atoms with Gasteiger partial charge in [-0.3, -0.25) is 0 Å². The molecule has 0 spiro atoms. The highest BCUT2D eigenvalue weighted by atomic mass is 16.5. The number of unbranched alkanes of at least 4 members (excludes halogenated alkanes) is 14. The van der Waals surface area contributed by atoms with E-state index in [9.17, 15) is 9.59 Å². The van der Waals surface area contributed by atoms with Crippen LogP contribution in [0.1, 0.15) is 151 Å². The predicted octanol–water partition coefficient (Wildman–Crippen LogP) is 9.31. The quantitative estimate of drug-likeness (QED) is 0.128. The summed E-state index contributed by atoms with van der Waals surface area (Å²) in [6.07, 6.45) is 20.3. The maximum Gasteiger partial charge on any atom is 0.338 e. The van der Waals surface area contributed by atoms with Crippen molar-refractivity contribution in [1.29, 1.82) is 0 Å². The van der Waals surface area contributed by atoms with Gasteiger partial charge in [-0.05, 0) is 43.9 Å². The molecule has 1 unspecified atom stereocenters. The third-order valence-electron chi connectivity index (χ3n) is 6.43. The molecule has 0 saturated carbocycles. The second kappa shape index (κ2) is 20.4. The number of hydrogen-bond donors (Lipinski definition) is 0. The van der Waals surface area contributed by atoms with Crippen molar-refractivity contribution >= 4 is 11.9 Å². The molecule has 0 heterocycles. The summed E-state index contributed by atoms with van der Waals surface area (Å²) < 4.78 is 10.9. The lowest BCUT2D eigenvalue weighted by molar-refractivity contribution is 0.0299. The normalized spacial score (nSPS) is 12.0.